The Kier molecular flexibility index (Phi) is 4.96. The Morgan fingerprint density at radius 3 is 3.00 bits per heavy atom. The van der Waals surface area contributed by atoms with Gasteiger partial charge in [-0.3, -0.25) is 0 Å². The monoisotopic (exact) mass is 263 g/mol. The summed E-state index contributed by atoms with van der Waals surface area (Å²) in [6.45, 7) is 2.17. The van der Waals surface area contributed by atoms with E-state index in [4.69, 9.17) is 0 Å². The van der Waals surface area contributed by atoms with Gasteiger partial charge in [0, 0.05) is 32.9 Å². The van der Waals surface area contributed by atoms with Crippen molar-refractivity contribution in [2.45, 2.75) is 31.7 Å². The van der Waals surface area contributed by atoms with E-state index in [1.54, 1.807) is 0 Å². The van der Waals surface area contributed by atoms with Crippen molar-refractivity contribution < 1.29 is 0 Å². The third kappa shape index (κ3) is 3.56. The van der Waals surface area contributed by atoms with Crippen molar-refractivity contribution >= 4 is 11.8 Å². The first kappa shape index (κ1) is 14.1. The number of hydrogen-bond acceptors (Lipinski definition) is 5. The second kappa shape index (κ2) is 6.70. The highest BCUT2D eigenvalue weighted by molar-refractivity contribution is 5.44. The molecule has 1 aliphatic rings. The fourth-order valence-electron chi connectivity index (χ4n) is 2.63. The number of anilines is 2. The van der Waals surface area contributed by atoms with E-state index in [1.807, 2.05) is 38.3 Å². The highest BCUT2D eigenvalue weighted by Gasteiger charge is 2.23. The third-order valence-electron chi connectivity index (χ3n) is 3.68. The van der Waals surface area contributed by atoms with Gasteiger partial charge in [0.2, 0.25) is 5.95 Å². The first-order valence-electron chi connectivity index (χ1n) is 7.14. The minimum absolute atomic E-state index is 0.603. The first-order valence-corrected chi connectivity index (χ1v) is 7.14. The van der Waals surface area contributed by atoms with Crippen molar-refractivity contribution in [3.63, 3.8) is 0 Å². The number of nitrogens with one attached hydrogen (secondary N) is 1. The normalized spacial score (nSPS) is 19.5. The summed E-state index contributed by atoms with van der Waals surface area (Å²) in [5.74, 6) is 1.86. The van der Waals surface area contributed by atoms with Gasteiger partial charge in [0.1, 0.15) is 5.82 Å². The van der Waals surface area contributed by atoms with Crippen molar-refractivity contribution in [3.05, 3.63) is 12.3 Å². The minimum Gasteiger partial charge on any atom is -0.353 e. The molecule has 1 atom stereocenters. The fourth-order valence-corrected chi connectivity index (χ4v) is 2.63. The molecule has 0 bridgehead atoms. The smallest absolute Gasteiger partial charge is 0.226 e. The molecule has 19 heavy (non-hydrogen) atoms. The predicted octanol–water partition coefficient (Wildman–Crippen LogP) is 1.51. The first-order chi connectivity index (χ1) is 9.22. The van der Waals surface area contributed by atoms with Crippen LogP contribution >= 0.6 is 0 Å². The summed E-state index contributed by atoms with van der Waals surface area (Å²) >= 11 is 0. The van der Waals surface area contributed by atoms with Crippen LogP contribution in [0.1, 0.15) is 25.7 Å². The zero-order chi connectivity index (χ0) is 13.7. The van der Waals surface area contributed by atoms with Gasteiger partial charge in [0.05, 0.1) is 0 Å². The number of hydrogen-bond donors (Lipinski definition) is 1. The van der Waals surface area contributed by atoms with Gasteiger partial charge in [-0.1, -0.05) is 0 Å². The lowest BCUT2D eigenvalue weighted by Gasteiger charge is -2.37. The molecule has 0 amide bonds. The lowest BCUT2D eigenvalue weighted by atomic mass is 9.99. The molecule has 0 spiro atoms. The Balaban J connectivity index is 2.14. The summed E-state index contributed by atoms with van der Waals surface area (Å²) in [5.41, 5.74) is 0. The van der Waals surface area contributed by atoms with Crippen LogP contribution in [-0.4, -0.2) is 50.2 Å². The molecule has 5 nitrogen and oxygen atoms in total. The average Bonchev–Trinajstić information content (AvgIpc) is 2.45. The Bertz CT molecular complexity index is 393. The molecule has 0 saturated carbocycles. The maximum absolute atomic E-state index is 4.67. The zero-order valence-corrected chi connectivity index (χ0v) is 12.3. The van der Waals surface area contributed by atoms with Crippen molar-refractivity contribution in [1.29, 1.82) is 0 Å². The van der Waals surface area contributed by atoms with E-state index in [9.17, 15) is 0 Å². The standard InChI is InChI=1S/C14H25N5/c1-15-9-7-12-6-4-5-11-19(12)13-8-10-16-14(17-13)18(2)3/h8,10,12,15H,4-7,9,11H2,1-3H3. The van der Waals surface area contributed by atoms with E-state index in [-0.39, 0.29) is 0 Å². The van der Waals surface area contributed by atoms with Crippen molar-refractivity contribution in [2.24, 2.45) is 0 Å². The SMILES string of the molecule is CNCCC1CCCCN1c1ccnc(N(C)C)n1. The molecule has 5 heteroatoms. The molecule has 1 saturated heterocycles. The summed E-state index contributed by atoms with van der Waals surface area (Å²) in [4.78, 5) is 13.4. The molecule has 1 fully saturated rings. The van der Waals surface area contributed by atoms with Gasteiger partial charge in [-0.05, 0) is 45.3 Å². The van der Waals surface area contributed by atoms with E-state index in [1.165, 1.54) is 25.7 Å². The maximum Gasteiger partial charge on any atom is 0.226 e. The van der Waals surface area contributed by atoms with Crippen LogP contribution in [0.2, 0.25) is 0 Å². The topological polar surface area (TPSA) is 44.3 Å². The van der Waals surface area contributed by atoms with E-state index in [2.05, 4.69) is 20.2 Å². The van der Waals surface area contributed by atoms with Crippen LogP contribution in [-0.2, 0) is 0 Å². The van der Waals surface area contributed by atoms with Gasteiger partial charge in [-0.25, -0.2) is 4.98 Å². The second-order valence-electron chi connectivity index (χ2n) is 5.34. The van der Waals surface area contributed by atoms with Gasteiger partial charge >= 0.3 is 0 Å². The molecule has 1 unspecified atom stereocenters. The van der Waals surface area contributed by atoms with Crippen LogP contribution in [0.4, 0.5) is 11.8 Å². The molecule has 2 rings (SSSR count). The van der Waals surface area contributed by atoms with Gasteiger partial charge in [0.15, 0.2) is 0 Å². The molecule has 106 valence electrons. The van der Waals surface area contributed by atoms with Gasteiger partial charge in [-0.2, -0.15) is 4.98 Å². The third-order valence-corrected chi connectivity index (χ3v) is 3.68. The second-order valence-corrected chi connectivity index (χ2v) is 5.34. The van der Waals surface area contributed by atoms with Crippen molar-refractivity contribution in [2.75, 3.05) is 44.0 Å². The van der Waals surface area contributed by atoms with Crippen LogP contribution < -0.4 is 15.1 Å². The quantitative estimate of drug-likeness (QED) is 0.872. The van der Waals surface area contributed by atoms with Crippen LogP contribution in [0.15, 0.2) is 12.3 Å². The van der Waals surface area contributed by atoms with Gasteiger partial charge in [-0.15, -0.1) is 0 Å². The lowest BCUT2D eigenvalue weighted by molar-refractivity contribution is 0.430. The molecular formula is C14H25N5. The highest BCUT2D eigenvalue weighted by Crippen LogP contribution is 2.25. The Morgan fingerprint density at radius 2 is 2.26 bits per heavy atom. The Labute approximate surface area is 116 Å². The molecule has 0 aromatic carbocycles. The fraction of sp³-hybridized carbons (Fsp3) is 0.714. The zero-order valence-electron chi connectivity index (χ0n) is 12.3. The van der Waals surface area contributed by atoms with E-state index >= 15 is 0 Å². The largest absolute Gasteiger partial charge is 0.353 e. The van der Waals surface area contributed by atoms with Crippen LogP contribution in [0.25, 0.3) is 0 Å². The molecule has 1 aliphatic heterocycles. The van der Waals surface area contributed by atoms with E-state index < -0.39 is 0 Å². The number of nitrogens with zero attached hydrogens (tertiary/aromatic N) is 4. The summed E-state index contributed by atoms with van der Waals surface area (Å²) in [5, 5.41) is 3.25. The van der Waals surface area contributed by atoms with E-state index in [0.717, 1.165) is 24.9 Å². The Hall–Kier alpha value is -1.36. The lowest BCUT2D eigenvalue weighted by Crippen LogP contribution is -2.41. The summed E-state index contributed by atoms with van der Waals surface area (Å²) in [7, 11) is 5.98. The molecular weight excluding hydrogens is 238 g/mol. The van der Waals surface area contributed by atoms with Crippen LogP contribution in [0, 0.1) is 0 Å². The molecule has 0 radical (unpaired) electrons. The minimum atomic E-state index is 0.603. The molecule has 1 aromatic rings. The average molecular weight is 263 g/mol. The van der Waals surface area contributed by atoms with Crippen molar-refractivity contribution in [1.82, 2.24) is 15.3 Å². The summed E-state index contributed by atoms with van der Waals surface area (Å²) < 4.78 is 0. The molecule has 2 heterocycles. The molecule has 1 N–H and O–H groups in total. The summed E-state index contributed by atoms with van der Waals surface area (Å²) in [6.07, 6.45) is 6.90. The molecule has 0 aliphatic carbocycles. The van der Waals surface area contributed by atoms with Gasteiger partial charge in [0.25, 0.3) is 0 Å². The summed E-state index contributed by atoms with van der Waals surface area (Å²) in [6, 6.07) is 2.64. The maximum atomic E-state index is 4.67. The van der Waals surface area contributed by atoms with Crippen molar-refractivity contribution in [3.8, 4) is 0 Å². The Morgan fingerprint density at radius 1 is 1.42 bits per heavy atom. The van der Waals surface area contributed by atoms with Gasteiger partial charge < -0.3 is 15.1 Å². The highest BCUT2D eigenvalue weighted by atomic mass is 15.3. The number of aromatic nitrogens is 2. The molecule has 1 aromatic heterocycles. The van der Waals surface area contributed by atoms with Crippen LogP contribution in [0.3, 0.4) is 0 Å². The van der Waals surface area contributed by atoms with Crippen LogP contribution in [0.5, 0.6) is 0 Å². The van der Waals surface area contributed by atoms with E-state index in [0.29, 0.717) is 6.04 Å². The predicted molar refractivity (Wildman–Crippen MR) is 79.9 cm³/mol. The number of piperidine rings is 1. The number of rotatable bonds is 5.